The minimum absolute atomic E-state index is 0.336. The van der Waals surface area contributed by atoms with E-state index in [9.17, 15) is 4.79 Å². The first kappa shape index (κ1) is 20.5. The Balaban J connectivity index is 1.67. The van der Waals surface area contributed by atoms with E-state index in [0.717, 1.165) is 16.8 Å². The fourth-order valence-electron chi connectivity index (χ4n) is 2.41. The number of hydrogen-bond donors (Lipinski definition) is 2. The molecule has 0 aliphatic carbocycles. The van der Waals surface area contributed by atoms with E-state index in [4.69, 9.17) is 16.3 Å². The van der Waals surface area contributed by atoms with Crippen LogP contribution in [0.4, 0.5) is 16.4 Å². The van der Waals surface area contributed by atoms with Crippen molar-refractivity contribution in [2.45, 2.75) is 32.9 Å². The summed E-state index contributed by atoms with van der Waals surface area (Å²) < 4.78 is 5.24. The SMILES string of the molecule is CC(C)(C)OC(=O)NCc1cccc(Nc2ncnc(-c3ccnc(Cl)c3)n2)c1. The van der Waals surface area contributed by atoms with Crippen molar-refractivity contribution in [2.24, 2.45) is 0 Å². The summed E-state index contributed by atoms with van der Waals surface area (Å²) in [5.74, 6) is 0.870. The summed E-state index contributed by atoms with van der Waals surface area (Å²) in [6.45, 7) is 5.79. The molecule has 2 N–H and O–H groups in total. The molecule has 0 atom stereocenters. The van der Waals surface area contributed by atoms with Crippen LogP contribution in [0.2, 0.25) is 5.15 Å². The summed E-state index contributed by atoms with van der Waals surface area (Å²) in [7, 11) is 0. The number of carbonyl (C=O) groups is 1. The van der Waals surface area contributed by atoms with Gasteiger partial charge in [0, 0.05) is 24.0 Å². The van der Waals surface area contributed by atoms with Crippen LogP contribution in [0.1, 0.15) is 26.3 Å². The van der Waals surface area contributed by atoms with E-state index in [1.165, 1.54) is 6.33 Å². The molecule has 0 saturated carbocycles. The molecule has 0 fully saturated rings. The molecule has 2 heterocycles. The van der Waals surface area contributed by atoms with Gasteiger partial charge in [0.1, 0.15) is 17.1 Å². The van der Waals surface area contributed by atoms with Crippen molar-refractivity contribution in [1.29, 1.82) is 0 Å². The molecule has 0 bridgehead atoms. The minimum atomic E-state index is -0.539. The van der Waals surface area contributed by atoms with Gasteiger partial charge in [-0.05, 0) is 50.6 Å². The molecule has 150 valence electrons. The molecule has 0 spiro atoms. The van der Waals surface area contributed by atoms with Crippen molar-refractivity contribution in [2.75, 3.05) is 5.32 Å². The first-order valence-corrected chi connectivity index (χ1v) is 9.30. The molecule has 0 unspecified atom stereocenters. The average molecular weight is 413 g/mol. The number of hydrogen-bond acceptors (Lipinski definition) is 7. The average Bonchev–Trinajstić information content (AvgIpc) is 2.66. The van der Waals surface area contributed by atoms with Gasteiger partial charge in [0.05, 0.1) is 0 Å². The summed E-state index contributed by atoms with van der Waals surface area (Å²) >= 11 is 5.93. The molecule has 8 nitrogen and oxygen atoms in total. The monoisotopic (exact) mass is 412 g/mol. The third kappa shape index (κ3) is 6.39. The molecule has 0 aliphatic heterocycles. The van der Waals surface area contributed by atoms with Crippen LogP contribution in [0.5, 0.6) is 0 Å². The topological polar surface area (TPSA) is 102 Å². The summed E-state index contributed by atoms with van der Waals surface area (Å²) in [5, 5.41) is 6.24. The third-order valence-electron chi connectivity index (χ3n) is 3.58. The number of carbonyl (C=O) groups excluding carboxylic acids is 1. The molecular formula is C20H21ClN6O2. The van der Waals surface area contributed by atoms with E-state index in [-0.39, 0.29) is 0 Å². The molecule has 1 amide bonds. The van der Waals surface area contributed by atoms with Gasteiger partial charge in [-0.1, -0.05) is 23.7 Å². The lowest BCUT2D eigenvalue weighted by molar-refractivity contribution is 0.0523. The number of amides is 1. The predicted molar refractivity (Wildman–Crippen MR) is 111 cm³/mol. The predicted octanol–water partition coefficient (Wildman–Crippen LogP) is 4.36. The van der Waals surface area contributed by atoms with Crippen molar-refractivity contribution in [1.82, 2.24) is 25.3 Å². The quantitative estimate of drug-likeness (QED) is 0.600. The van der Waals surface area contributed by atoms with Crippen LogP contribution in [0, 0.1) is 0 Å². The van der Waals surface area contributed by atoms with Crippen molar-refractivity contribution in [3.05, 3.63) is 59.6 Å². The highest BCUT2D eigenvalue weighted by molar-refractivity contribution is 6.29. The number of benzene rings is 1. The van der Waals surface area contributed by atoms with E-state index in [0.29, 0.717) is 23.5 Å². The second kappa shape index (κ2) is 8.83. The summed E-state index contributed by atoms with van der Waals surface area (Å²) in [4.78, 5) is 28.5. The molecular weight excluding hydrogens is 392 g/mol. The lowest BCUT2D eigenvalue weighted by Crippen LogP contribution is -2.32. The van der Waals surface area contributed by atoms with E-state index in [1.54, 1.807) is 18.3 Å². The highest BCUT2D eigenvalue weighted by atomic mass is 35.5. The number of nitrogens with zero attached hydrogens (tertiary/aromatic N) is 4. The Morgan fingerprint density at radius 3 is 2.72 bits per heavy atom. The molecule has 1 aromatic carbocycles. The number of ether oxygens (including phenoxy) is 1. The Labute approximate surface area is 173 Å². The molecule has 29 heavy (non-hydrogen) atoms. The minimum Gasteiger partial charge on any atom is -0.444 e. The summed E-state index contributed by atoms with van der Waals surface area (Å²) in [6.07, 6.45) is 2.55. The summed E-state index contributed by atoms with van der Waals surface area (Å²) in [6, 6.07) is 11.0. The Kier molecular flexibility index (Phi) is 6.23. The normalized spacial score (nSPS) is 11.0. The molecule has 0 radical (unpaired) electrons. The van der Waals surface area contributed by atoms with Crippen molar-refractivity contribution < 1.29 is 9.53 Å². The van der Waals surface area contributed by atoms with Crippen LogP contribution in [0.3, 0.4) is 0 Å². The van der Waals surface area contributed by atoms with Gasteiger partial charge < -0.3 is 15.4 Å². The number of halogens is 1. The first-order chi connectivity index (χ1) is 13.8. The lowest BCUT2D eigenvalue weighted by atomic mass is 10.2. The second-order valence-corrected chi connectivity index (χ2v) is 7.57. The highest BCUT2D eigenvalue weighted by Crippen LogP contribution is 2.20. The number of rotatable bonds is 5. The van der Waals surface area contributed by atoms with Crippen molar-refractivity contribution >= 4 is 29.3 Å². The van der Waals surface area contributed by atoms with Gasteiger partial charge >= 0.3 is 6.09 Å². The van der Waals surface area contributed by atoms with Crippen molar-refractivity contribution in [3.8, 4) is 11.4 Å². The lowest BCUT2D eigenvalue weighted by Gasteiger charge is -2.19. The van der Waals surface area contributed by atoms with Gasteiger partial charge in [-0.3, -0.25) is 0 Å². The van der Waals surface area contributed by atoms with Crippen molar-refractivity contribution in [3.63, 3.8) is 0 Å². The van der Waals surface area contributed by atoms with Gasteiger partial charge in [-0.2, -0.15) is 4.98 Å². The maximum Gasteiger partial charge on any atom is 0.407 e. The maximum atomic E-state index is 11.8. The zero-order chi connectivity index (χ0) is 20.9. The zero-order valence-corrected chi connectivity index (χ0v) is 17.1. The summed E-state index contributed by atoms with van der Waals surface area (Å²) in [5.41, 5.74) is 1.88. The Morgan fingerprint density at radius 2 is 1.97 bits per heavy atom. The Bertz CT molecular complexity index is 1010. The highest BCUT2D eigenvalue weighted by Gasteiger charge is 2.15. The Hall–Kier alpha value is -3.26. The smallest absolute Gasteiger partial charge is 0.407 e. The fourth-order valence-corrected chi connectivity index (χ4v) is 2.59. The maximum absolute atomic E-state index is 11.8. The number of alkyl carbamates (subject to hydrolysis) is 1. The van der Waals surface area contributed by atoms with Crippen LogP contribution in [0.25, 0.3) is 11.4 Å². The molecule has 0 aliphatic rings. The molecule has 3 rings (SSSR count). The molecule has 3 aromatic rings. The number of aromatic nitrogens is 4. The number of pyridine rings is 1. The first-order valence-electron chi connectivity index (χ1n) is 8.92. The largest absolute Gasteiger partial charge is 0.444 e. The van der Waals surface area contributed by atoms with Crippen LogP contribution >= 0.6 is 11.6 Å². The number of anilines is 2. The molecule has 2 aromatic heterocycles. The third-order valence-corrected chi connectivity index (χ3v) is 3.78. The zero-order valence-electron chi connectivity index (χ0n) is 16.3. The second-order valence-electron chi connectivity index (χ2n) is 7.18. The standard InChI is InChI=1S/C20H21ClN6O2/c1-20(2,3)29-19(28)23-11-13-5-4-6-15(9-13)26-18-25-12-24-17(27-18)14-7-8-22-16(21)10-14/h4-10,12H,11H2,1-3H3,(H,23,28)(H,24,25,26,27). The molecule has 9 heteroatoms. The van der Waals surface area contributed by atoms with Gasteiger partial charge in [-0.25, -0.2) is 19.7 Å². The van der Waals surface area contributed by atoms with Crippen LogP contribution in [-0.2, 0) is 11.3 Å². The van der Waals surface area contributed by atoms with Gasteiger partial charge in [0.15, 0.2) is 5.82 Å². The van der Waals surface area contributed by atoms with E-state index < -0.39 is 11.7 Å². The van der Waals surface area contributed by atoms with Crippen LogP contribution in [0.15, 0.2) is 48.9 Å². The Morgan fingerprint density at radius 1 is 1.14 bits per heavy atom. The molecule has 0 saturated heterocycles. The van der Waals surface area contributed by atoms with E-state index >= 15 is 0 Å². The fraction of sp³-hybridized carbons (Fsp3) is 0.250. The van der Waals surface area contributed by atoms with Gasteiger partial charge in [0.2, 0.25) is 5.95 Å². The van der Waals surface area contributed by atoms with Crippen LogP contribution < -0.4 is 10.6 Å². The van der Waals surface area contributed by atoms with E-state index in [1.807, 2.05) is 45.0 Å². The van der Waals surface area contributed by atoms with Crippen LogP contribution in [-0.4, -0.2) is 31.6 Å². The van der Waals surface area contributed by atoms with E-state index in [2.05, 4.69) is 30.6 Å². The number of nitrogens with one attached hydrogen (secondary N) is 2. The van der Waals surface area contributed by atoms with Gasteiger partial charge in [0.25, 0.3) is 0 Å². The van der Waals surface area contributed by atoms with Gasteiger partial charge in [-0.15, -0.1) is 0 Å².